The van der Waals surface area contributed by atoms with Crippen molar-refractivity contribution in [1.82, 2.24) is 0 Å². The average molecular weight is 727 g/mol. The number of halogens is 3. The molecule has 230 valence electrons. The minimum absolute atomic E-state index is 0.0840. The first-order chi connectivity index (χ1) is 20.5. The number of nitrogens with zero attached hydrogens (tertiary/aromatic N) is 2. The molecule has 0 unspecified atom stereocenters. The van der Waals surface area contributed by atoms with Crippen molar-refractivity contribution in [2.45, 2.75) is 97.3 Å². The maximum absolute atomic E-state index is 7.16. The summed E-state index contributed by atoms with van der Waals surface area (Å²) in [6.45, 7) is 15.5. The zero-order chi connectivity index (χ0) is 31.2. The Morgan fingerprint density at radius 2 is 1.74 bits per heavy atom. The predicted octanol–water partition coefficient (Wildman–Crippen LogP) is 12.4. The Bertz CT molecular complexity index is 1460. The lowest BCUT2D eigenvalue weighted by atomic mass is 9.79. The summed E-state index contributed by atoms with van der Waals surface area (Å²) < 4.78 is 2.22. The summed E-state index contributed by atoms with van der Waals surface area (Å²) in [5.41, 5.74) is 8.50. The standard InChI is InChI=1S/C38H47Br2ClN2/c1-7-9-23-42-34(37(3,4)29-15-12-16-30(39)25-29)21-17-27-13-11-14-28(36(27)41)18-22-35-38(5,6)32-26-31(40)19-20-33(32)43(35)24-10-8-2/h12,15-22,25-26H,7-11,13-14,23-24H2,1-6H3/b21-17+,28-18+,35-22+,42-34?. The second-order valence-corrected chi connectivity index (χ2v) is 15.0. The summed E-state index contributed by atoms with van der Waals surface area (Å²) in [6, 6.07) is 15.3. The van der Waals surface area contributed by atoms with Crippen molar-refractivity contribution in [3.05, 3.63) is 109 Å². The van der Waals surface area contributed by atoms with Gasteiger partial charge in [-0.15, -0.1) is 0 Å². The number of fused-ring (bicyclic) bond motifs is 1. The summed E-state index contributed by atoms with van der Waals surface area (Å²) in [4.78, 5) is 7.62. The molecule has 43 heavy (non-hydrogen) atoms. The van der Waals surface area contributed by atoms with E-state index >= 15 is 0 Å². The molecule has 0 N–H and O–H groups in total. The van der Waals surface area contributed by atoms with Crippen LogP contribution in [0.5, 0.6) is 0 Å². The van der Waals surface area contributed by atoms with E-state index in [9.17, 15) is 0 Å². The summed E-state index contributed by atoms with van der Waals surface area (Å²) in [7, 11) is 0. The van der Waals surface area contributed by atoms with Crippen molar-refractivity contribution in [3.8, 4) is 0 Å². The van der Waals surface area contributed by atoms with Gasteiger partial charge in [-0.3, -0.25) is 4.99 Å². The van der Waals surface area contributed by atoms with Gasteiger partial charge in [0.1, 0.15) is 0 Å². The largest absolute Gasteiger partial charge is 0.344 e. The van der Waals surface area contributed by atoms with Crippen LogP contribution in [0.3, 0.4) is 0 Å². The fraction of sp³-hybridized carbons (Fsp3) is 0.447. The van der Waals surface area contributed by atoms with Crippen LogP contribution in [0.1, 0.15) is 97.6 Å². The number of hydrogen-bond acceptors (Lipinski definition) is 2. The summed E-state index contributed by atoms with van der Waals surface area (Å²) in [5, 5.41) is 0.892. The van der Waals surface area contributed by atoms with E-state index in [1.165, 1.54) is 40.1 Å². The minimum atomic E-state index is -0.223. The van der Waals surface area contributed by atoms with Gasteiger partial charge in [-0.05, 0) is 96.9 Å². The quantitative estimate of drug-likeness (QED) is 0.166. The van der Waals surface area contributed by atoms with Gasteiger partial charge in [0.25, 0.3) is 0 Å². The van der Waals surface area contributed by atoms with Crippen LogP contribution in [-0.4, -0.2) is 18.8 Å². The van der Waals surface area contributed by atoms with Crippen molar-refractivity contribution in [2.75, 3.05) is 18.0 Å². The molecule has 2 aromatic rings. The third-order valence-electron chi connectivity index (χ3n) is 8.91. The number of hydrogen-bond donors (Lipinski definition) is 0. The maximum Gasteiger partial charge on any atom is 0.0470 e. The van der Waals surface area contributed by atoms with Gasteiger partial charge in [-0.25, -0.2) is 0 Å². The van der Waals surface area contributed by atoms with Crippen molar-refractivity contribution in [1.29, 1.82) is 0 Å². The second-order valence-electron chi connectivity index (χ2n) is 12.8. The summed E-state index contributed by atoms with van der Waals surface area (Å²) in [6.07, 6.45) is 16.7. The fourth-order valence-corrected chi connectivity index (χ4v) is 7.19. The zero-order valence-corrected chi connectivity index (χ0v) is 30.7. The van der Waals surface area contributed by atoms with E-state index in [-0.39, 0.29) is 10.8 Å². The molecule has 0 saturated carbocycles. The van der Waals surface area contributed by atoms with Crippen LogP contribution in [-0.2, 0) is 10.8 Å². The van der Waals surface area contributed by atoms with Gasteiger partial charge in [-0.2, -0.15) is 0 Å². The third kappa shape index (κ3) is 7.86. The van der Waals surface area contributed by atoms with E-state index < -0.39 is 0 Å². The zero-order valence-electron chi connectivity index (χ0n) is 26.7. The van der Waals surface area contributed by atoms with Gasteiger partial charge in [0.2, 0.25) is 0 Å². The Balaban J connectivity index is 1.68. The first kappa shape index (κ1) is 34.0. The highest BCUT2D eigenvalue weighted by Crippen LogP contribution is 2.49. The molecule has 0 spiro atoms. The Morgan fingerprint density at radius 1 is 1.00 bits per heavy atom. The predicted molar refractivity (Wildman–Crippen MR) is 196 cm³/mol. The molecular weight excluding hydrogens is 680 g/mol. The second kappa shape index (κ2) is 14.9. The van der Waals surface area contributed by atoms with E-state index in [4.69, 9.17) is 16.6 Å². The number of unbranched alkanes of at least 4 members (excludes halogenated alkanes) is 2. The molecule has 1 aliphatic heterocycles. The molecule has 0 saturated heterocycles. The van der Waals surface area contributed by atoms with Crippen molar-refractivity contribution < 1.29 is 0 Å². The molecule has 1 aliphatic carbocycles. The molecule has 0 bridgehead atoms. The van der Waals surface area contributed by atoms with Crippen LogP contribution in [0.25, 0.3) is 0 Å². The maximum atomic E-state index is 7.16. The van der Waals surface area contributed by atoms with Gasteiger partial charge in [0.05, 0.1) is 0 Å². The lowest BCUT2D eigenvalue weighted by Gasteiger charge is -2.27. The molecule has 0 atom stereocenters. The molecular formula is C38H47Br2ClN2. The lowest BCUT2D eigenvalue weighted by Crippen LogP contribution is -2.28. The highest BCUT2D eigenvalue weighted by Gasteiger charge is 2.39. The average Bonchev–Trinajstić information content (AvgIpc) is 3.18. The number of anilines is 1. The first-order valence-electron chi connectivity index (χ1n) is 15.9. The third-order valence-corrected chi connectivity index (χ3v) is 10.4. The Morgan fingerprint density at radius 3 is 2.47 bits per heavy atom. The van der Waals surface area contributed by atoms with Gasteiger partial charge in [0.15, 0.2) is 0 Å². The monoisotopic (exact) mass is 724 g/mol. The van der Waals surface area contributed by atoms with E-state index in [0.717, 1.165) is 71.3 Å². The van der Waals surface area contributed by atoms with Crippen LogP contribution < -0.4 is 4.90 Å². The minimum Gasteiger partial charge on any atom is -0.344 e. The summed E-state index contributed by atoms with van der Waals surface area (Å²) in [5.74, 6) is 0. The van der Waals surface area contributed by atoms with E-state index in [2.05, 4.69) is 145 Å². The molecule has 0 amide bonds. The van der Waals surface area contributed by atoms with E-state index in [1.807, 2.05) is 0 Å². The normalized spacial score (nSPS) is 19.3. The fourth-order valence-electron chi connectivity index (χ4n) is 6.11. The molecule has 5 heteroatoms. The van der Waals surface area contributed by atoms with Gasteiger partial charge < -0.3 is 4.90 Å². The van der Waals surface area contributed by atoms with Crippen LogP contribution >= 0.6 is 43.5 Å². The molecule has 0 aromatic heterocycles. The van der Waals surface area contributed by atoms with Gasteiger partial charge >= 0.3 is 0 Å². The molecule has 2 aromatic carbocycles. The molecule has 0 fully saturated rings. The Hall–Kier alpha value is -1.88. The highest BCUT2D eigenvalue weighted by molar-refractivity contribution is 9.10. The number of aliphatic imine (C=N–C) groups is 1. The van der Waals surface area contributed by atoms with Gasteiger partial charge in [0, 0.05) is 55.0 Å². The van der Waals surface area contributed by atoms with Crippen molar-refractivity contribution in [2.24, 2.45) is 4.99 Å². The first-order valence-corrected chi connectivity index (χ1v) is 17.8. The molecule has 1 heterocycles. The van der Waals surface area contributed by atoms with Crippen LogP contribution in [0, 0.1) is 0 Å². The molecule has 0 radical (unpaired) electrons. The van der Waals surface area contributed by atoms with Crippen LogP contribution in [0.4, 0.5) is 5.69 Å². The topological polar surface area (TPSA) is 15.6 Å². The van der Waals surface area contributed by atoms with Gasteiger partial charge in [-0.1, -0.05) is 122 Å². The Kier molecular flexibility index (Phi) is 11.8. The van der Waals surface area contributed by atoms with Crippen molar-refractivity contribution >= 4 is 54.9 Å². The van der Waals surface area contributed by atoms with E-state index in [0.29, 0.717) is 0 Å². The highest BCUT2D eigenvalue weighted by atomic mass is 79.9. The van der Waals surface area contributed by atoms with E-state index in [1.54, 1.807) is 0 Å². The van der Waals surface area contributed by atoms with Crippen LogP contribution in [0.15, 0.2) is 103 Å². The van der Waals surface area contributed by atoms with Crippen molar-refractivity contribution in [3.63, 3.8) is 0 Å². The van der Waals surface area contributed by atoms with Crippen LogP contribution in [0.2, 0.25) is 0 Å². The Labute approximate surface area is 282 Å². The summed E-state index contributed by atoms with van der Waals surface area (Å²) >= 11 is 14.5. The molecule has 2 nitrogen and oxygen atoms in total. The number of benzene rings is 2. The lowest BCUT2D eigenvalue weighted by molar-refractivity contribution is 0.624. The molecule has 2 aliphatic rings. The number of allylic oxidation sites excluding steroid dienone is 8. The smallest absolute Gasteiger partial charge is 0.0470 e. The number of rotatable bonds is 11. The SMILES string of the molecule is CCCCN=C(/C=C/C1=C(Cl)C(=C/C=C2/N(CCCC)c3ccc(Br)cc3C2(C)C)/CCC1)C(C)(C)c1cccc(Br)c1. The molecule has 4 rings (SSSR count).